The van der Waals surface area contributed by atoms with E-state index >= 15 is 0 Å². The highest BCUT2D eigenvalue weighted by Gasteiger charge is 2.45. The van der Waals surface area contributed by atoms with Crippen molar-refractivity contribution in [2.75, 3.05) is 26.2 Å². The van der Waals surface area contributed by atoms with Gasteiger partial charge in [0.2, 0.25) is 0 Å². The molecule has 1 N–H and O–H groups in total. The van der Waals surface area contributed by atoms with Gasteiger partial charge < -0.3 is 14.9 Å². The molecule has 0 saturated carbocycles. The molecule has 6 heteroatoms. The summed E-state index contributed by atoms with van der Waals surface area (Å²) in [5.41, 5.74) is 2.58. The zero-order valence-corrected chi connectivity index (χ0v) is 20.3. The Balaban J connectivity index is 2.03. The van der Waals surface area contributed by atoms with Crippen molar-refractivity contribution in [3.05, 3.63) is 71.1 Å². The molecule has 0 aliphatic carbocycles. The van der Waals surface area contributed by atoms with Gasteiger partial charge >= 0.3 is 0 Å². The molecular formula is C27H35N3O3. The number of benzene rings is 1. The Kier molecular flexibility index (Phi) is 7.69. The average molecular weight is 450 g/mol. The minimum atomic E-state index is -0.642. The molecule has 1 fully saturated rings. The molecule has 1 amide bonds. The van der Waals surface area contributed by atoms with Crippen LogP contribution in [-0.4, -0.2) is 57.8 Å². The molecule has 1 aromatic carbocycles. The van der Waals surface area contributed by atoms with Crippen molar-refractivity contribution in [3.8, 4) is 0 Å². The summed E-state index contributed by atoms with van der Waals surface area (Å²) in [4.78, 5) is 34.1. The van der Waals surface area contributed by atoms with E-state index in [9.17, 15) is 14.7 Å². The first-order valence-electron chi connectivity index (χ1n) is 11.7. The van der Waals surface area contributed by atoms with E-state index in [1.807, 2.05) is 24.3 Å². The van der Waals surface area contributed by atoms with Crippen LogP contribution in [0.3, 0.4) is 0 Å². The number of Topliss-reactive ketones (excluding diaryl/α,β-unsaturated/α-hetero) is 1. The summed E-state index contributed by atoms with van der Waals surface area (Å²) in [6, 6.07) is 10.7. The van der Waals surface area contributed by atoms with Gasteiger partial charge in [0, 0.05) is 24.5 Å². The number of aliphatic hydroxyl groups is 1. The third kappa shape index (κ3) is 5.33. The number of aromatic nitrogens is 1. The van der Waals surface area contributed by atoms with Gasteiger partial charge in [-0.05, 0) is 54.7 Å². The SMILES string of the molecule is CCN(CC)CCCN1C(=O)C(=O)/C(=C(/O)c2ccncc2)C1c1ccc(C(C)(C)C)cc1. The molecule has 1 saturated heterocycles. The molecule has 2 heterocycles. The van der Waals surface area contributed by atoms with Crippen LogP contribution in [0.5, 0.6) is 0 Å². The van der Waals surface area contributed by atoms with E-state index in [-0.39, 0.29) is 16.7 Å². The molecule has 1 aliphatic rings. The number of ketones is 1. The van der Waals surface area contributed by atoms with Gasteiger partial charge in [0.25, 0.3) is 11.7 Å². The molecule has 1 atom stereocenters. The van der Waals surface area contributed by atoms with Crippen molar-refractivity contribution in [2.24, 2.45) is 0 Å². The lowest BCUT2D eigenvalue weighted by molar-refractivity contribution is -0.140. The van der Waals surface area contributed by atoms with Crippen LogP contribution >= 0.6 is 0 Å². The predicted octanol–water partition coefficient (Wildman–Crippen LogP) is 4.53. The van der Waals surface area contributed by atoms with Crippen molar-refractivity contribution in [1.82, 2.24) is 14.8 Å². The summed E-state index contributed by atoms with van der Waals surface area (Å²) >= 11 is 0. The van der Waals surface area contributed by atoms with Crippen LogP contribution in [0.2, 0.25) is 0 Å². The third-order valence-corrected chi connectivity index (χ3v) is 6.35. The lowest BCUT2D eigenvalue weighted by Crippen LogP contribution is -2.33. The quantitative estimate of drug-likeness (QED) is 0.364. The Morgan fingerprint density at radius 2 is 1.64 bits per heavy atom. The molecule has 1 aromatic heterocycles. The number of amides is 1. The Bertz CT molecular complexity index is 1000. The van der Waals surface area contributed by atoms with Gasteiger partial charge in [-0.3, -0.25) is 14.6 Å². The molecular weight excluding hydrogens is 414 g/mol. The van der Waals surface area contributed by atoms with Gasteiger partial charge in [0.05, 0.1) is 11.6 Å². The van der Waals surface area contributed by atoms with E-state index in [0.29, 0.717) is 12.1 Å². The van der Waals surface area contributed by atoms with Gasteiger partial charge in [-0.15, -0.1) is 0 Å². The number of carbonyl (C=O) groups is 2. The van der Waals surface area contributed by atoms with Gasteiger partial charge in [-0.25, -0.2) is 0 Å². The van der Waals surface area contributed by atoms with Crippen LogP contribution < -0.4 is 0 Å². The van der Waals surface area contributed by atoms with Crippen molar-refractivity contribution >= 4 is 17.4 Å². The Labute approximate surface area is 196 Å². The first-order valence-corrected chi connectivity index (χ1v) is 11.7. The summed E-state index contributed by atoms with van der Waals surface area (Å²) in [6.45, 7) is 13.8. The van der Waals surface area contributed by atoms with Gasteiger partial charge in [-0.1, -0.05) is 58.9 Å². The average Bonchev–Trinajstić information content (AvgIpc) is 3.06. The summed E-state index contributed by atoms with van der Waals surface area (Å²) in [5, 5.41) is 11.1. The monoisotopic (exact) mass is 449 g/mol. The fourth-order valence-corrected chi connectivity index (χ4v) is 4.29. The van der Waals surface area contributed by atoms with E-state index in [0.717, 1.165) is 31.6 Å². The van der Waals surface area contributed by atoms with Gasteiger partial charge in [0.1, 0.15) is 5.76 Å². The number of carbonyl (C=O) groups excluding carboxylic acids is 2. The molecule has 1 aliphatic heterocycles. The van der Waals surface area contributed by atoms with Crippen molar-refractivity contribution < 1.29 is 14.7 Å². The molecule has 176 valence electrons. The summed E-state index contributed by atoms with van der Waals surface area (Å²) < 4.78 is 0. The number of nitrogens with zero attached hydrogens (tertiary/aromatic N) is 3. The number of rotatable bonds is 8. The van der Waals surface area contributed by atoms with Crippen LogP contribution in [-0.2, 0) is 15.0 Å². The third-order valence-electron chi connectivity index (χ3n) is 6.35. The van der Waals surface area contributed by atoms with E-state index < -0.39 is 17.7 Å². The summed E-state index contributed by atoms with van der Waals surface area (Å²) in [7, 11) is 0. The van der Waals surface area contributed by atoms with Crippen LogP contribution in [0, 0.1) is 0 Å². The molecule has 0 bridgehead atoms. The molecule has 6 nitrogen and oxygen atoms in total. The van der Waals surface area contributed by atoms with E-state index in [1.165, 1.54) is 5.56 Å². The smallest absolute Gasteiger partial charge is 0.295 e. The van der Waals surface area contributed by atoms with E-state index in [1.54, 1.807) is 29.4 Å². The molecule has 1 unspecified atom stereocenters. The molecule has 2 aromatic rings. The highest BCUT2D eigenvalue weighted by Crippen LogP contribution is 2.40. The maximum absolute atomic E-state index is 13.1. The maximum Gasteiger partial charge on any atom is 0.295 e. The number of likely N-dealkylation sites (tertiary alicyclic amines) is 1. The van der Waals surface area contributed by atoms with E-state index in [4.69, 9.17) is 0 Å². The Hall–Kier alpha value is -2.99. The standard InChI is InChI=1S/C27H35N3O3/c1-6-29(7-2)17-8-18-30-23(19-9-11-21(12-10-19)27(3,4)5)22(25(32)26(30)33)24(31)20-13-15-28-16-14-20/h9-16,23,31H,6-8,17-18H2,1-5H3/b24-22+. The highest BCUT2D eigenvalue weighted by molar-refractivity contribution is 6.46. The second-order valence-electron chi connectivity index (χ2n) is 9.48. The lowest BCUT2D eigenvalue weighted by Gasteiger charge is -2.27. The second-order valence-corrected chi connectivity index (χ2v) is 9.48. The first kappa shape index (κ1) is 24.6. The van der Waals surface area contributed by atoms with Gasteiger partial charge in [-0.2, -0.15) is 0 Å². The minimum Gasteiger partial charge on any atom is -0.507 e. The molecule has 3 rings (SSSR count). The minimum absolute atomic E-state index is 0.0128. The second kappa shape index (κ2) is 10.3. The fraction of sp³-hybridized carbons (Fsp3) is 0.444. The topological polar surface area (TPSA) is 73.7 Å². The molecule has 0 radical (unpaired) electrons. The summed E-state index contributed by atoms with van der Waals surface area (Å²) in [5.74, 6) is -1.36. The van der Waals surface area contributed by atoms with Crippen molar-refractivity contribution in [1.29, 1.82) is 0 Å². The van der Waals surface area contributed by atoms with E-state index in [2.05, 4.69) is 44.5 Å². The Morgan fingerprint density at radius 1 is 1.03 bits per heavy atom. The number of hydrogen-bond donors (Lipinski definition) is 1. The van der Waals surface area contributed by atoms with Crippen molar-refractivity contribution in [3.63, 3.8) is 0 Å². The van der Waals surface area contributed by atoms with Crippen LogP contribution in [0.4, 0.5) is 0 Å². The zero-order chi connectivity index (χ0) is 24.2. The normalized spacial score (nSPS) is 18.4. The predicted molar refractivity (Wildman–Crippen MR) is 131 cm³/mol. The summed E-state index contributed by atoms with van der Waals surface area (Å²) in [6.07, 6.45) is 3.87. The first-order chi connectivity index (χ1) is 15.7. The van der Waals surface area contributed by atoms with Crippen LogP contribution in [0.15, 0.2) is 54.4 Å². The number of pyridine rings is 1. The maximum atomic E-state index is 13.1. The fourth-order valence-electron chi connectivity index (χ4n) is 4.29. The lowest BCUT2D eigenvalue weighted by atomic mass is 9.85. The van der Waals surface area contributed by atoms with Crippen LogP contribution in [0.1, 0.15) is 63.8 Å². The zero-order valence-electron chi connectivity index (χ0n) is 20.3. The van der Waals surface area contributed by atoms with Gasteiger partial charge in [0.15, 0.2) is 0 Å². The van der Waals surface area contributed by atoms with Crippen LogP contribution in [0.25, 0.3) is 5.76 Å². The number of aliphatic hydroxyl groups excluding tert-OH is 1. The Morgan fingerprint density at radius 3 is 2.18 bits per heavy atom. The molecule has 0 spiro atoms. The number of hydrogen-bond acceptors (Lipinski definition) is 5. The molecule has 33 heavy (non-hydrogen) atoms. The van der Waals surface area contributed by atoms with Crippen molar-refractivity contribution in [2.45, 2.75) is 52.5 Å². The highest BCUT2D eigenvalue weighted by atomic mass is 16.3. The largest absolute Gasteiger partial charge is 0.507 e.